The molecule has 1 rings (SSSR count). The molecule has 0 aliphatic carbocycles. The van der Waals surface area contributed by atoms with Crippen molar-refractivity contribution in [2.24, 2.45) is 0 Å². The molecule has 0 saturated carbocycles. The van der Waals surface area contributed by atoms with Gasteiger partial charge in [0.25, 0.3) is 5.91 Å². The summed E-state index contributed by atoms with van der Waals surface area (Å²) < 4.78 is 0. The molecule has 4 heteroatoms. The summed E-state index contributed by atoms with van der Waals surface area (Å²) in [5.74, 6) is 0.155. The average molecular weight is 240 g/mol. The fourth-order valence-corrected chi connectivity index (χ4v) is 2.26. The van der Waals surface area contributed by atoms with Crippen molar-refractivity contribution >= 4 is 17.2 Å². The van der Waals surface area contributed by atoms with Crippen molar-refractivity contribution in [3.63, 3.8) is 0 Å². The highest BCUT2D eigenvalue weighted by Gasteiger charge is 2.15. The van der Waals surface area contributed by atoms with Gasteiger partial charge in [-0.3, -0.25) is 4.79 Å². The highest BCUT2D eigenvalue weighted by molar-refractivity contribution is 7.13. The van der Waals surface area contributed by atoms with Crippen LogP contribution in [0.3, 0.4) is 0 Å². The number of rotatable bonds is 5. The van der Waals surface area contributed by atoms with Gasteiger partial charge >= 0.3 is 0 Å². The lowest BCUT2D eigenvalue weighted by Crippen LogP contribution is -2.36. The van der Waals surface area contributed by atoms with E-state index in [0.717, 1.165) is 24.5 Å². The van der Waals surface area contributed by atoms with Gasteiger partial charge in [0, 0.05) is 24.5 Å². The first-order valence-electron chi connectivity index (χ1n) is 5.55. The molecule has 0 saturated heterocycles. The van der Waals surface area contributed by atoms with Crippen LogP contribution in [0.25, 0.3) is 0 Å². The van der Waals surface area contributed by atoms with Crippen molar-refractivity contribution in [2.75, 3.05) is 33.7 Å². The Morgan fingerprint density at radius 3 is 2.44 bits per heavy atom. The molecule has 16 heavy (non-hydrogen) atoms. The van der Waals surface area contributed by atoms with Gasteiger partial charge in [-0.15, -0.1) is 11.3 Å². The zero-order valence-corrected chi connectivity index (χ0v) is 11.3. The first-order chi connectivity index (χ1) is 7.54. The summed E-state index contributed by atoms with van der Waals surface area (Å²) >= 11 is 1.57. The number of hydrogen-bond acceptors (Lipinski definition) is 3. The van der Waals surface area contributed by atoms with Gasteiger partial charge in [-0.05, 0) is 40.1 Å². The second-order valence-corrected chi connectivity index (χ2v) is 5.39. The van der Waals surface area contributed by atoms with E-state index in [2.05, 4.69) is 4.90 Å². The molecule has 1 aromatic heterocycles. The molecule has 0 unspecified atom stereocenters. The largest absolute Gasteiger partial charge is 0.337 e. The van der Waals surface area contributed by atoms with E-state index in [-0.39, 0.29) is 5.91 Å². The topological polar surface area (TPSA) is 23.6 Å². The Morgan fingerprint density at radius 1 is 1.31 bits per heavy atom. The van der Waals surface area contributed by atoms with Gasteiger partial charge in [0.05, 0.1) is 4.88 Å². The molecule has 1 aromatic rings. The number of hydrogen-bond donors (Lipinski definition) is 0. The number of thiophene rings is 1. The molecule has 90 valence electrons. The number of carbonyl (C=O) groups excluding carboxylic acids is 1. The molecule has 0 spiro atoms. The Balaban J connectivity index is 2.62. The third kappa shape index (κ3) is 3.61. The summed E-state index contributed by atoms with van der Waals surface area (Å²) in [5, 5.41) is 0. The summed E-state index contributed by atoms with van der Waals surface area (Å²) in [6.45, 7) is 6.51. The lowest BCUT2D eigenvalue weighted by Gasteiger charge is -2.22. The monoisotopic (exact) mass is 240 g/mol. The Morgan fingerprint density at radius 2 is 2.00 bits per heavy atom. The van der Waals surface area contributed by atoms with Crippen LogP contribution in [0.2, 0.25) is 0 Å². The number of nitrogens with zero attached hydrogens (tertiary/aromatic N) is 2. The van der Waals surface area contributed by atoms with Gasteiger partial charge in [-0.1, -0.05) is 0 Å². The molecule has 1 amide bonds. The van der Waals surface area contributed by atoms with E-state index < -0.39 is 0 Å². The average Bonchev–Trinajstić information content (AvgIpc) is 2.65. The fourth-order valence-electron chi connectivity index (χ4n) is 1.43. The van der Waals surface area contributed by atoms with Crippen molar-refractivity contribution in [1.82, 2.24) is 9.80 Å². The minimum atomic E-state index is 0.155. The number of likely N-dealkylation sites (N-methyl/N-ethyl adjacent to an activating group) is 2. The van der Waals surface area contributed by atoms with Gasteiger partial charge in [0.15, 0.2) is 0 Å². The Hall–Kier alpha value is -0.870. The molecular formula is C12H20N2OS. The van der Waals surface area contributed by atoms with Crippen LogP contribution in [0.5, 0.6) is 0 Å². The summed E-state index contributed by atoms with van der Waals surface area (Å²) in [7, 11) is 4.04. The Bertz CT molecular complexity index is 347. The molecule has 1 heterocycles. The maximum atomic E-state index is 12.1. The van der Waals surface area contributed by atoms with Crippen LogP contribution in [-0.4, -0.2) is 49.4 Å². The molecule has 0 aliphatic rings. The predicted molar refractivity (Wildman–Crippen MR) is 69.2 cm³/mol. The summed E-state index contributed by atoms with van der Waals surface area (Å²) in [6.07, 6.45) is 0. The SMILES string of the molecule is CCN(CCN(C)C)C(=O)c1ccc(C)s1. The highest BCUT2D eigenvalue weighted by atomic mass is 32.1. The molecule has 0 fully saturated rings. The van der Waals surface area contributed by atoms with Crippen LogP contribution in [-0.2, 0) is 0 Å². The predicted octanol–water partition coefficient (Wildman–Crippen LogP) is 2.08. The summed E-state index contributed by atoms with van der Waals surface area (Å²) in [6, 6.07) is 3.92. The first-order valence-corrected chi connectivity index (χ1v) is 6.36. The van der Waals surface area contributed by atoms with Crippen molar-refractivity contribution in [2.45, 2.75) is 13.8 Å². The number of carbonyl (C=O) groups is 1. The fraction of sp³-hybridized carbons (Fsp3) is 0.583. The van der Waals surface area contributed by atoms with Crippen molar-refractivity contribution in [3.05, 3.63) is 21.9 Å². The normalized spacial score (nSPS) is 10.8. The molecular weight excluding hydrogens is 220 g/mol. The zero-order valence-electron chi connectivity index (χ0n) is 10.5. The summed E-state index contributed by atoms with van der Waals surface area (Å²) in [5.41, 5.74) is 0. The molecule has 0 aromatic carbocycles. The highest BCUT2D eigenvalue weighted by Crippen LogP contribution is 2.17. The van der Waals surface area contributed by atoms with Crippen LogP contribution in [0.1, 0.15) is 21.5 Å². The van der Waals surface area contributed by atoms with Crippen LogP contribution in [0.15, 0.2) is 12.1 Å². The standard InChI is InChI=1S/C12H20N2OS/c1-5-14(9-8-13(3)4)12(15)11-7-6-10(2)16-11/h6-7H,5,8-9H2,1-4H3. The minimum absolute atomic E-state index is 0.155. The van der Waals surface area contributed by atoms with Crippen LogP contribution in [0, 0.1) is 6.92 Å². The van der Waals surface area contributed by atoms with Crippen LogP contribution < -0.4 is 0 Å². The molecule has 0 aliphatic heterocycles. The molecule has 0 atom stereocenters. The smallest absolute Gasteiger partial charge is 0.263 e. The van der Waals surface area contributed by atoms with Crippen LogP contribution >= 0.6 is 11.3 Å². The zero-order chi connectivity index (χ0) is 12.1. The second-order valence-electron chi connectivity index (χ2n) is 4.10. The van der Waals surface area contributed by atoms with E-state index in [1.807, 2.05) is 45.0 Å². The number of amides is 1. The molecule has 0 radical (unpaired) electrons. The Kier molecular flexibility index (Phi) is 4.96. The maximum Gasteiger partial charge on any atom is 0.263 e. The van der Waals surface area contributed by atoms with E-state index >= 15 is 0 Å². The van der Waals surface area contributed by atoms with Crippen LogP contribution in [0.4, 0.5) is 0 Å². The lowest BCUT2D eigenvalue weighted by atomic mass is 10.3. The molecule has 0 N–H and O–H groups in total. The van der Waals surface area contributed by atoms with E-state index in [1.54, 1.807) is 11.3 Å². The second kappa shape index (κ2) is 6.01. The van der Waals surface area contributed by atoms with E-state index in [4.69, 9.17) is 0 Å². The third-order valence-corrected chi connectivity index (χ3v) is 3.43. The Labute approximate surface area is 102 Å². The van der Waals surface area contributed by atoms with Gasteiger partial charge in [-0.2, -0.15) is 0 Å². The van der Waals surface area contributed by atoms with E-state index in [1.165, 1.54) is 4.88 Å². The molecule has 0 bridgehead atoms. The third-order valence-electron chi connectivity index (χ3n) is 2.44. The summed E-state index contributed by atoms with van der Waals surface area (Å²) in [4.78, 5) is 18.1. The van der Waals surface area contributed by atoms with Gasteiger partial charge in [0.2, 0.25) is 0 Å². The quantitative estimate of drug-likeness (QED) is 0.786. The van der Waals surface area contributed by atoms with E-state index in [0.29, 0.717) is 0 Å². The maximum absolute atomic E-state index is 12.1. The number of aryl methyl sites for hydroxylation is 1. The minimum Gasteiger partial charge on any atom is -0.337 e. The van der Waals surface area contributed by atoms with Crippen molar-refractivity contribution in [3.8, 4) is 0 Å². The van der Waals surface area contributed by atoms with Crippen molar-refractivity contribution < 1.29 is 4.79 Å². The van der Waals surface area contributed by atoms with E-state index in [9.17, 15) is 4.79 Å². The van der Waals surface area contributed by atoms with Gasteiger partial charge in [0.1, 0.15) is 0 Å². The lowest BCUT2D eigenvalue weighted by molar-refractivity contribution is 0.0759. The van der Waals surface area contributed by atoms with Gasteiger partial charge in [-0.25, -0.2) is 0 Å². The van der Waals surface area contributed by atoms with Gasteiger partial charge < -0.3 is 9.80 Å². The van der Waals surface area contributed by atoms with Crippen molar-refractivity contribution in [1.29, 1.82) is 0 Å². The first kappa shape index (κ1) is 13.2. The molecule has 3 nitrogen and oxygen atoms in total.